The third-order valence-corrected chi connectivity index (χ3v) is 9.59. The lowest BCUT2D eigenvalue weighted by Crippen LogP contribution is -2.46. The summed E-state index contributed by atoms with van der Waals surface area (Å²) in [6, 6.07) is -1.07. The number of amides is 1. The van der Waals surface area contributed by atoms with Crippen molar-refractivity contribution in [3.05, 3.63) is 36.5 Å². The molecular formula is C40H75NO5S. The molecule has 7 heteroatoms. The molecule has 0 aromatic carbocycles. The highest BCUT2D eigenvalue weighted by Crippen LogP contribution is 2.15. The van der Waals surface area contributed by atoms with Crippen molar-refractivity contribution >= 4 is 16.0 Å². The number of allylic oxidation sites excluding steroid dienone is 5. The van der Waals surface area contributed by atoms with E-state index in [0.717, 1.165) is 44.9 Å². The van der Waals surface area contributed by atoms with Gasteiger partial charge in [0.2, 0.25) is 5.91 Å². The maximum Gasteiger partial charge on any atom is 0.267 e. The summed E-state index contributed by atoms with van der Waals surface area (Å²) in [7, 11) is -4.35. The van der Waals surface area contributed by atoms with Gasteiger partial charge in [0.25, 0.3) is 10.1 Å². The second-order valence-electron chi connectivity index (χ2n) is 13.5. The molecular weight excluding hydrogens is 607 g/mol. The van der Waals surface area contributed by atoms with Gasteiger partial charge in [-0.15, -0.1) is 0 Å². The lowest BCUT2D eigenvalue weighted by Gasteiger charge is -2.21. The van der Waals surface area contributed by atoms with Gasteiger partial charge in [-0.2, -0.15) is 8.42 Å². The Labute approximate surface area is 291 Å². The number of aliphatic hydroxyl groups excluding tert-OH is 1. The van der Waals surface area contributed by atoms with Crippen molar-refractivity contribution < 1.29 is 22.9 Å². The fourth-order valence-corrected chi connectivity index (χ4v) is 6.64. The van der Waals surface area contributed by atoms with Crippen LogP contribution in [0.5, 0.6) is 0 Å². The minimum absolute atomic E-state index is 0.287. The van der Waals surface area contributed by atoms with E-state index in [1.54, 1.807) is 6.08 Å². The van der Waals surface area contributed by atoms with Gasteiger partial charge in [0, 0.05) is 6.42 Å². The Morgan fingerprint density at radius 2 is 0.936 bits per heavy atom. The topological polar surface area (TPSA) is 104 Å². The van der Waals surface area contributed by atoms with Gasteiger partial charge < -0.3 is 10.4 Å². The van der Waals surface area contributed by atoms with Crippen molar-refractivity contribution in [2.45, 2.75) is 206 Å². The first-order valence-electron chi connectivity index (χ1n) is 19.7. The molecule has 2 unspecified atom stereocenters. The Hall–Kier alpha value is -1.44. The number of nitrogens with one attached hydrogen (secondary N) is 1. The van der Waals surface area contributed by atoms with Crippen LogP contribution in [0.2, 0.25) is 0 Å². The highest BCUT2D eigenvalue weighted by atomic mass is 32.2. The van der Waals surface area contributed by atoms with Gasteiger partial charge in [-0.05, 0) is 38.5 Å². The van der Waals surface area contributed by atoms with Crippen LogP contribution in [-0.4, -0.2) is 41.9 Å². The molecule has 0 spiro atoms. The van der Waals surface area contributed by atoms with Crippen LogP contribution in [-0.2, 0) is 14.9 Å². The monoisotopic (exact) mass is 682 g/mol. The van der Waals surface area contributed by atoms with Crippen molar-refractivity contribution in [3.8, 4) is 0 Å². The zero-order valence-electron chi connectivity index (χ0n) is 30.7. The zero-order valence-corrected chi connectivity index (χ0v) is 31.5. The second kappa shape index (κ2) is 34.4. The normalized spacial score (nSPS) is 13.7. The van der Waals surface area contributed by atoms with Gasteiger partial charge in [-0.25, -0.2) is 0 Å². The molecule has 0 aromatic rings. The standard InChI is InChI=1S/C40H75NO5S/c1-3-5-7-9-11-13-15-16-17-18-19-20-21-22-23-24-25-26-28-30-32-34-36-40(43)41-38(37-47(44,45)46)39(42)35-33-31-29-27-14-12-10-8-6-4-2/h6,8,14,27,33,35,38-39,42H,3-5,7,9-13,15-26,28-32,34,36-37H2,1-2H3,(H,41,43)(H,44,45,46)/b8-6+,27-14+,35-33+. The predicted molar refractivity (Wildman–Crippen MR) is 202 cm³/mol. The Kier molecular flexibility index (Phi) is 33.4. The van der Waals surface area contributed by atoms with E-state index in [4.69, 9.17) is 0 Å². The molecule has 0 aliphatic carbocycles. The molecule has 0 aromatic heterocycles. The van der Waals surface area contributed by atoms with Gasteiger partial charge in [0.05, 0.1) is 17.9 Å². The summed E-state index contributed by atoms with van der Waals surface area (Å²) < 4.78 is 32.3. The summed E-state index contributed by atoms with van der Waals surface area (Å²) in [5.41, 5.74) is 0. The van der Waals surface area contributed by atoms with Crippen LogP contribution in [0.25, 0.3) is 0 Å². The molecule has 6 nitrogen and oxygen atoms in total. The predicted octanol–water partition coefficient (Wildman–Crippen LogP) is 11.4. The third kappa shape index (κ3) is 35.7. The number of carbonyl (C=O) groups excluding carboxylic acids is 1. The van der Waals surface area contributed by atoms with Crippen molar-refractivity contribution in [1.82, 2.24) is 5.32 Å². The maximum absolute atomic E-state index is 12.5. The van der Waals surface area contributed by atoms with E-state index in [9.17, 15) is 22.9 Å². The Morgan fingerprint density at radius 1 is 0.574 bits per heavy atom. The smallest absolute Gasteiger partial charge is 0.267 e. The third-order valence-electron chi connectivity index (χ3n) is 8.81. The molecule has 3 N–H and O–H groups in total. The van der Waals surface area contributed by atoms with Crippen LogP contribution in [0.4, 0.5) is 0 Å². The highest BCUT2D eigenvalue weighted by Gasteiger charge is 2.24. The lowest BCUT2D eigenvalue weighted by atomic mass is 10.0. The van der Waals surface area contributed by atoms with Crippen molar-refractivity contribution in [2.24, 2.45) is 0 Å². The van der Waals surface area contributed by atoms with E-state index in [2.05, 4.69) is 43.5 Å². The Balaban J connectivity index is 3.81. The van der Waals surface area contributed by atoms with Crippen LogP contribution in [0.15, 0.2) is 36.5 Å². The summed E-state index contributed by atoms with van der Waals surface area (Å²) in [5, 5.41) is 13.1. The molecule has 0 saturated carbocycles. The van der Waals surface area contributed by atoms with E-state index in [0.29, 0.717) is 6.42 Å². The SMILES string of the molecule is CC/C=C/CC/C=C/CC/C=C/C(O)C(CS(=O)(=O)O)NC(=O)CCCCCCCCCCCCCCCCCCCCCCCC. The van der Waals surface area contributed by atoms with Crippen molar-refractivity contribution in [3.63, 3.8) is 0 Å². The molecule has 1 amide bonds. The van der Waals surface area contributed by atoms with Crippen molar-refractivity contribution in [1.29, 1.82) is 0 Å². The number of rotatable bonds is 35. The van der Waals surface area contributed by atoms with E-state index in [1.165, 1.54) is 128 Å². The molecule has 2 atom stereocenters. The molecule has 0 radical (unpaired) electrons. The van der Waals surface area contributed by atoms with Crippen LogP contribution >= 0.6 is 0 Å². The first-order chi connectivity index (χ1) is 22.8. The quantitative estimate of drug-likeness (QED) is 0.0351. The molecule has 0 bridgehead atoms. The first-order valence-corrected chi connectivity index (χ1v) is 21.3. The zero-order chi connectivity index (χ0) is 34.7. The highest BCUT2D eigenvalue weighted by molar-refractivity contribution is 7.85. The molecule has 0 aliphatic heterocycles. The van der Waals surface area contributed by atoms with E-state index in [-0.39, 0.29) is 12.3 Å². The first kappa shape index (κ1) is 45.6. The molecule has 0 heterocycles. The van der Waals surface area contributed by atoms with E-state index >= 15 is 0 Å². The molecule has 0 fully saturated rings. The molecule has 47 heavy (non-hydrogen) atoms. The number of hydrogen-bond donors (Lipinski definition) is 3. The largest absolute Gasteiger partial charge is 0.387 e. The molecule has 0 aliphatic rings. The van der Waals surface area contributed by atoms with Gasteiger partial charge in [0.15, 0.2) is 0 Å². The minimum atomic E-state index is -4.35. The fraction of sp³-hybridized carbons (Fsp3) is 0.825. The summed E-state index contributed by atoms with van der Waals surface area (Å²) in [6.45, 7) is 4.39. The fourth-order valence-electron chi connectivity index (χ4n) is 5.90. The second-order valence-corrected chi connectivity index (χ2v) is 15.0. The van der Waals surface area contributed by atoms with Gasteiger partial charge in [0.1, 0.15) is 0 Å². The molecule has 276 valence electrons. The Morgan fingerprint density at radius 3 is 1.32 bits per heavy atom. The van der Waals surface area contributed by atoms with Gasteiger partial charge in [-0.1, -0.05) is 185 Å². The van der Waals surface area contributed by atoms with Crippen molar-refractivity contribution in [2.75, 3.05) is 5.75 Å². The maximum atomic E-state index is 12.5. The summed E-state index contributed by atoms with van der Waals surface area (Å²) in [6.07, 6.45) is 44.4. The van der Waals surface area contributed by atoms with E-state index in [1.807, 2.05) is 0 Å². The molecule has 0 saturated heterocycles. The van der Waals surface area contributed by atoms with Gasteiger partial charge in [-0.3, -0.25) is 9.35 Å². The average molecular weight is 682 g/mol. The number of hydrogen-bond acceptors (Lipinski definition) is 4. The summed E-state index contributed by atoms with van der Waals surface area (Å²) >= 11 is 0. The lowest BCUT2D eigenvalue weighted by molar-refractivity contribution is -0.122. The number of aliphatic hydroxyl groups is 1. The number of unbranched alkanes of at least 4 members (excludes halogenated alkanes) is 23. The summed E-state index contributed by atoms with van der Waals surface area (Å²) in [5.74, 6) is -1.01. The van der Waals surface area contributed by atoms with E-state index < -0.39 is 28.0 Å². The van der Waals surface area contributed by atoms with Crippen LogP contribution in [0, 0.1) is 0 Å². The minimum Gasteiger partial charge on any atom is -0.387 e. The van der Waals surface area contributed by atoms with Crippen LogP contribution in [0.1, 0.15) is 194 Å². The number of carbonyl (C=O) groups is 1. The van der Waals surface area contributed by atoms with Gasteiger partial charge >= 0.3 is 0 Å². The average Bonchev–Trinajstić information content (AvgIpc) is 3.03. The summed E-state index contributed by atoms with van der Waals surface area (Å²) in [4.78, 5) is 12.5. The Bertz CT molecular complexity index is 883. The van der Waals surface area contributed by atoms with Crippen LogP contribution < -0.4 is 5.32 Å². The van der Waals surface area contributed by atoms with Crippen LogP contribution in [0.3, 0.4) is 0 Å². The molecule has 0 rings (SSSR count).